The summed E-state index contributed by atoms with van der Waals surface area (Å²) in [6.45, 7) is 2.72. The van der Waals surface area contributed by atoms with Crippen molar-refractivity contribution in [2.24, 2.45) is 5.92 Å². The Morgan fingerprint density at radius 1 is 1.33 bits per heavy atom. The van der Waals surface area contributed by atoms with E-state index in [1.807, 2.05) is 0 Å². The van der Waals surface area contributed by atoms with E-state index in [0.29, 0.717) is 12.8 Å². The number of sulfonamides is 1. The maximum absolute atomic E-state index is 12.1. The van der Waals surface area contributed by atoms with Gasteiger partial charge in [-0.3, -0.25) is 9.59 Å². The lowest BCUT2D eigenvalue weighted by molar-refractivity contribution is -0.147. The van der Waals surface area contributed by atoms with Crippen molar-refractivity contribution in [2.75, 3.05) is 0 Å². The smallest absolute Gasteiger partial charge is 0.308 e. The van der Waals surface area contributed by atoms with Crippen LogP contribution in [0.15, 0.2) is 0 Å². The molecule has 18 heavy (non-hydrogen) atoms. The second-order valence-corrected chi connectivity index (χ2v) is 7.78. The highest BCUT2D eigenvalue weighted by molar-refractivity contribution is 7.94. The molecule has 2 unspecified atom stereocenters. The van der Waals surface area contributed by atoms with Gasteiger partial charge in [-0.15, -0.1) is 0 Å². The van der Waals surface area contributed by atoms with E-state index in [1.165, 1.54) is 13.8 Å². The van der Waals surface area contributed by atoms with E-state index in [0.717, 1.165) is 17.1 Å². The molecule has 1 heterocycles. The Hall–Kier alpha value is -1.11. The second-order valence-electron chi connectivity index (χ2n) is 5.41. The summed E-state index contributed by atoms with van der Waals surface area (Å²) < 4.78 is 23.5. The molecule has 102 valence electrons. The third-order valence-electron chi connectivity index (χ3n) is 3.97. The maximum Gasteiger partial charge on any atom is 0.308 e. The minimum absolute atomic E-state index is 0.430. The lowest BCUT2D eigenvalue weighted by Gasteiger charge is -2.49. The largest absolute Gasteiger partial charge is 0.481 e. The van der Waals surface area contributed by atoms with Gasteiger partial charge in [0.05, 0.1) is 12.0 Å². The highest BCUT2D eigenvalue weighted by Crippen LogP contribution is 2.42. The van der Waals surface area contributed by atoms with Gasteiger partial charge in [0, 0.05) is 0 Å². The number of carboxylic acids is 1. The Morgan fingerprint density at radius 3 is 2.39 bits per heavy atom. The summed E-state index contributed by atoms with van der Waals surface area (Å²) in [7, 11) is -3.70. The highest BCUT2D eigenvalue weighted by Gasteiger charge is 2.63. The number of rotatable bonds is 2. The van der Waals surface area contributed by atoms with Crippen molar-refractivity contribution in [1.82, 2.24) is 4.31 Å². The first-order chi connectivity index (χ1) is 8.21. The molecule has 0 bridgehead atoms. The van der Waals surface area contributed by atoms with E-state index in [2.05, 4.69) is 0 Å². The average Bonchev–Trinajstić information content (AvgIpc) is 2.29. The topological polar surface area (TPSA) is 91.8 Å². The first kappa shape index (κ1) is 13.3. The molecule has 1 saturated heterocycles. The number of carbonyl (C=O) groups excluding carboxylic acids is 1. The fourth-order valence-corrected chi connectivity index (χ4v) is 4.43. The van der Waals surface area contributed by atoms with Crippen LogP contribution in [0.3, 0.4) is 0 Å². The fraction of sp³-hybridized carbons (Fsp3) is 0.818. The van der Waals surface area contributed by atoms with Crippen molar-refractivity contribution in [1.29, 1.82) is 0 Å². The molecule has 2 fully saturated rings. The van der Waals surface area contributed by atoms with Crippen molar-refractivity contribution in [3.63, 3.8) is 0 Å². The summed E-state index contributed by atoms with van der Waals surface area (Å²) in [5.74, 6) is -2.28. The van der Waals surface area contributed by atoms with Crippen molar-refractivity contribution in [3.8, 4) is 0 Å². The molecule has 7 heteroatoms. The number of hydrogen-bond donors (Lipinski definition) is 1. The SMILES string of the molecule is CC1(C)C(=O)N(C2CCCCC2C(=O)O)S1(=O)=O. The summed E-state index contributed by atoms with van der Waals surface area (Å²) in [5, 5.41) is 9.13. The predicted octanol–water partition coefficient (Wildman–Crippen LogP) is 0.580. The monoisotopic (exact) mass is 275 g/mol. The lowest BCUT2D eigenvalue weighted by atomic mass is 9.84. The Bertz CT molecular complexity index is 496. The third-order valence-corrected chi connectivity index (χ3v) is 6.39. The quantitative estimate of drug-likeness (QED) is 0.796. The van der Waals surface area contributed by atoms with Crippen molar-refractivity contribution >= 4 is 21.9 Å². The van der Waals surface area contributed by atoms with Gasteiger partial charge in [-0.2, -0.15) is 0 Å². The van der Waals surface area contributed by atoms with Crippen LogP contribution in [0.25, 0.3) is 0 Å². The summed E-state index contributed by atoms with van der Waals surface area (Å²) in [4.78, 5) is 23.1. The molecule has 2 rings (SSSR count). The molecule has 1 aliphatic heterocycles. The fourth-order valence-electron chi connectivity index (χ4n) is 2.70. The number of amides is 1. The van der Waals surface area contributed by atoms with Gasteiger partial charge in [0.15, 0.2) is 4.75 Å². The predicted molar refractivity (Wildman–Crippen MR) is 63.2 cm³/mol. The zero-order valence-corrected chi connectivity index (χ0v) is 11.2. The van der Waals surface area contributed by atoms with E-state index in [1.54, 1.807) is 0 Å². The first-order valence-corrected chi connectivity index (χ1v) is 7.46. The number of aliphatic carboxylic acids is 1. The molecule has 1 N–H and O–H groups in total. The van der Waals surface area contributed by atoms with Gasteiger partial charge in [-0.25, -0.2) is 12.7 Å². The van der Waals surface area contributed by atoms with Gasteiger partial charge in [0.2, 0.25) is 0 Å². The first-order valence-electron chi connectivity index (χ1n) is 6.02. The van der Waals surface area contributed by atoms with Crippen LogP contribution in [-0.2, 0) is 19.6 Å². The van der Waals surface area contributed by atoms with Gasteiger partial charge in [0.1, 0.15) is 0 Å². The van der Waals surface area contributed by atoms with E-state index in [4.69, 9.17) is 5.11 Å². The normalized spacial score (nSPS) is 33.9. The minimum atomic E-state index is -3.70. The molecule has 0 aromatic carbocycles. The van der Waals surface area contributed by atoms with E-state index < -0.39 is 38.6 Å². The number of nitrogens with zero attached hydrogens (tertiary/aromatic N) is 1. The lowest BCUT2D eigenvalue weighted by Crippen LogP contribution is -2.71. The minimum Gasteiger partial charge on any atom is -0.481 e. The number of carboxylic acid groups (broad SMARTS) is 1. The van der Waals surface area contributed by atoms with E-state index >= 15 is 0 Å². The van der Waals surface area contributed by atoms with E-state index in [-0.39, 0.29) is 0 Å². The van der Waals surface area contributed by atoms with Gasteiger partial charge in [-0.05, 0) is 26.7 Å². The van der Waals surface area contributed by atoms with Crippen LogP contribution in [-0.4, -0.2) is 40.5 Å². The molecule has 2 atom stereocenters. The Labute approximate surface area is 106 Å². The van der Waals surface area contributed by atoms with Crippen molar-refractivity contribution in [3.05, 3.63) is 0 Å². The average molecular weight is 275 g/mol. The summed E-state index contributed by atoms with van der Waals surface area (Å²) in [6, 6.07) is -0.707. The molecule has 1 amide bonds. The Kier molecular flexibility index (Phi) is 2.92. The Balaban J connectivity index is 2.32. The zero-order chi connectivity index (χ0) is 13.7. The van der Waals surface area contributed by atoms with Crippen molar-refractivity contribution in [2.45, 2.75) is 50.3 Å². The second kappa shape index (κ2) is 3.94. The molecule has 0 aromatic heterocycles. The van der Waals surface area contributed by atoms with Crippen LogP contribution >= 0.6 is 0 Å². The highest BCUT2D eigenvalue weighted by atomic mass is 32.2. The molecule has 0 aromatic rings. The van der Waals surface area contributed by atoms with Crippen molar-refractivity contribution < 1.29 is 23.1 Å². The molecule has 6 nitrogen and oxygen atoms in total. The van der Waals surface area contributed by atoms with Gasteiger partial charge >= 0.3 is 5.97 Å². The zero-order valence-electron chi connectivity index (χ0n) is 10.4. The van der Waals surface area contributed by atoms with E-state index in [9.17, 15) is 18.0 Å². The molecule has 1 aliphatic carbocycles. The Morgan fingerprint density at radius 2 is 1.89 bits per heavy atom. The maximum atomic E-state index is 12.1. The number of hydrogen-bond acceptors (Lipinski definition) is 4. The van der Waals surface area contributed by atoms with Crippen LogP contribution in [0, 0.1) is 5.92 Å². The molecule has 2 aliphatic rings. The molecular weight excluding hydrogens is 258 g/mol. The summed E-state index contributed by atoms with van der Waals surface area (Å²) >= 11 is 0. The van der Waals surface area contributed by atoms with Crippen LogP contribution in [0.5, 0.6) is 0 Å². The van der Waals surface area contributed by atoms with Gasteiger partial charge in [-0.1, -0.05) is 12.8 Å². The van der Waals surface area contributed by atoms with Gasteiger partial charge in [0.25, 0.3) is 15.9 Å². The van der Waals surface area contributed by atoms with Gasteiger partial charge < -0.3 is 5.11 Å². The van der Waals surface area contributed by atoms with Crippen LogP contribution in [0.4, 0.5) is 0 Å². The third kappa shape index (κ3) is 1.56. The van der Waals surface area contributed by atoms with Crippen LogP contribution < -0.4 is 0 Å². The summed E-state index contributed by atoms with van der Waals surface area (Å²) in [5.41, 5.74) is 0. The summed E-state index contributed by atoms with van der Waals surface area (Å²) in [6.07, 6.45) is 2.39. The molecular formula is C11H17NO5S. The number of carbonyl (C=O) groups is 2. The molecule has 0 radical (unpaired) electrons. The van der Waals surface area contributed by atoms with Crippen LogP contribution in [0.2, 0.25) is 0 Å². The standard InChI is InChI=1S/C11H17NO5S/c1-11(2)10(15)12(18(11,16)17)8-6-4-3-5-7(8)9(13)14/h7-8H,3-6H2,1-2H3,(H,13,14). The molecule has 0 spiro atoms. The molecule has 1 saturated carbocycles. The van der Waals surface area contributed by atoms with Crippen LogP contribution in [0.1, 0.15) is 39.5 Å².